The minimum atomic E-state index is -0.556. The number of carbonyl (C=O) groups is 2. The third kappa shape index (κ3) is 5.34. The lowest BCUT2D eigenvalue weighted by Crippen LogP contribution is -2.17. The number of anilines is 1. The van der Waals surface area contributed by atoms with Crippen LogP contribution in [-0.2, 0) is 16.1 Å². The number of rotatable bonds is 6. The van der Waals surface area contributed by atoms with Gasteiger partial charge in [-0.25, -0.2) is 4.79 Å². The van der Waals surface area contributed by atoms with E-state index in [4.69, 9.17) is 0 Å². The first-order valence-electron chi connectivity index (χ1n) is 8.06. The molecular weight excluding hydrogens is 346 g/mol. The highest BCUT2D eigenvalue weighted by Crippen LogP contribution is 2.20. The maximum Gasteiger partial charge on any atom is 0.337 e. The van der Waals surface area contributed by atoms with Gasteiger partial charge < -0.3 is 20.5 Å². The molecule has 0 aliphatic carbocycles. The van der Waals surface area contributed by atoms with Crippen LogP contribution in [0.4, 0.5) is 5.69 Å². The average Bonchev–Trinajstić information content (AvgIpc) is 2.67. The van der Waals surface area contributed by atoms with Gasteiger partial charge in [-0.1, -0.05) is 12.1 Å². The summed E-state index contributed by atoms with van der Waals surface area (Å²) in [5, 5.41) is 24.1. The molecule has 7 nitrogen and oxygen atoms in total. The zero-order valence-electron chi connectivity index (χ0n) is 14.9. The van der Waals surface area contributed by atoms with E-state index in [-0.39, 0.29) is 11.3 Å². The van der Waals surface area contributed by atoms with Gasteiger partial charge in [-0.15, -0.1) is 0 Å². The van der Waals surface area contributed by atoms with Crippen LogP contribution in [0.5, 0.6) is 5.75 Å². The lowest BCUT2D eigenvalue weighted by atomic mass is 10.1. The first-order valence-corrected chi connectivity index (χ1v) is 8.06. The summed E-state index contributed by atoms with van der Waals surface area (Å²) in [7, 11) is 1.32. The lowest BCUT2D eigenvalue weighted by molar-refractivity contribution is -0.112. The number of phenolic OH excluding ortho intramolecular Hbond substituents is 1. The fraction of sp³-hybridized carbons (Fsp3) is 0.150. The van der Waals surface area contributed by atoms with E-state index in [2.05, 4.69) is 15.4 Å². The van der Waals surface area contributed by atoms with Crippen molar-refractivity contribution in [3.8, 4) is 11.8 Å². The van der Waals surface area contributed by atoms with Crippen LogP contribution >= 0.6 is 0 Å². The van der Waals surface area contributed by atoms with Crippen LogP contribution in [0.25, 0.3) is 0 Å². The number of benzene rings is 2. The molecule has 0 saturated carbocycles. The number of nitrogens with zero attached hydrogens (tertiary/aromatic N) is 1. The fourth-order valence-electron chi connectivity index (χ4n) is 2.27. The summed E-state index contributed by atoms with van der Waals surface area (Å²) in [6, 6.07) is 13.2. The monoisotopic (exact) mass is 365 g/mol. The van der Waals surface area contributed by atoms with Crippen LogP contribution < -0.4 is 10.6 Å². The van der Waals surface area contributed by atoms with Gasteiger partial charge in [0, 0.05) is 18.4 Å². The predicted molar refractivity (Wildman–Crippen MR) is 99.8 cm³/mol. The first-order chi connectivity index (χ1) is 12.9. The number of nitrogens with one attached hydrogen (secondary N) is 2. The van der Waals surface area contributed by atoms with Crippen LogP contribution in [0.2, 0.25) is 0 Å². The second kappa shape index (κ2) is 9.06. The number of nitriles is 1. The molecular formula is C20H19N3O4. The zero-order chi connectivity index (χ0) is 19.8. The van der Waals surface area contributed by atoms with Gasteiger partial charge in [0.05, 0.1) is 12.7 Å². The van der Waals surface area contributed by atoms with Crippen LogP contribution in [0.15, 0.2) is 54.2 Å². The van der Waals surface area contributed by atoms with Crippen LogP contribution in [0, 0.1) is 18.3 Å². The molecule has 0 aliphatic rings. The molecule has 138 valence electrons. The molecule has 0 spiro atoms. The third-order valence-electron chi connectivity index (χ3n) is 3.75. The van der Waals surface area contributed by atoms with Crippen LogP contribution in [-0.4, -0.2) is 24.1 Å². The van der Waals surface area contributed by atoms with Crippen molar-refractivity contribution in [1.82, 2.24) is 5.32 Å². The Kier molecular flexibility index (Phi) is 6.55. The summed E-state index contributed by atoms with van der Waals surface area (Å²) in [4.78, 5) is 23.6. The van der Waals surface area contributed by atoms with Gasteiger partial charge in [0.2, 0.25) is 0 Å². The number of hydrogen-bond acceptors (Lipinski definition) is 6. The maximum absolute atomic E-state index is 12.2. The van der Waals surface area contributed by atoms with Gasteiger partial charge in [-0.2, -0.15) is 5.26 Å². The van der Waals surface area contributed by atoms with Crippen molar-refractivity contribution in [2.45, 2.75) is 13.5 Å². The normalized spacial score (nSPS) is 10.6. The maximum atomic E-state index is 12.2. The largest absolute Gasteiger partial charge is 0.508 e. The SMILES string of the molecule is COC(=O)c1ccc(CN/C=C(/C#N)C(=O)Nc2ccc(O)cc2C)cc1. The van der Waals surface area contributed by atoms with Gasteiger partial charge in [0.25, 0.3) is 5.91 Å². The molecule has 0 aliphatic heterocycles. The summed E-state index contributed by atoms with van der Waals surface area (Å²) in [6.07, 6.45) is 1.33. The van der Waals surface area contributed by atoms with Crippen molar-refractivity contribution in [2.24, 2.45) is 0 Å². The van der Waals surface area contributed by atoms with E-state index in [0.29, 0.717) is 23.4 Å². The molecule has 0 aromatic heterocycles. The quantitative estimate of drug-likeness (QED) is 0.314. The highest BCUT2D eigenvalue weighted by Gasteiger charge is 2.11. The Morgan fingerprint density at radius 1 is 1.22 bits per heavy atom. The average molecular weight is 365 g/mol. The van der Waals surface area contributed by atoms with Gasteiger partial charge in [0.1, 0.15) is 17.4 Å². The Morgan fingerprint density at radius 3 is 2.52 bits per heavy atom. The number of amides is 1. The molecule has 0 fully saturated rings. The summed E-state index contributed by atoms with van der Waals surface area (Å²) >= 11 is 0. The lowest BCUT2D eigenvalue weighted by Gasteiger charge is -2.08. The van der Waals surface area contributed by atoms with Gasteiger partial charge in [-0.3, -0.25) is 4.79 Å². The minimum Gasteiger partial charge on any atom is -0.508 e. The third-order valence-corrected chi connectivity index (χ3v) is 3.75. The number of phenols is 1. The molecule has 7 heteroatoms. The second-order valence-corrected chi connectivity index (χ2v) is 5.69. The van der Waals surface area contributed by atoms with E-state index in [1.807, 2.05) is 6.07 Å². The Bertz CT molecular complexity index is 912. The molecule has 2 rings (SSSR count). The molecule has 2 aromatic carbocycles. The van der Waals surface area contributed by atoms with Gasteiger partial charge >= 0.3 is 5.97 Å². The first kappa shape index (κ1) is 19.5. The second-order valence-electron chi connectivity index (χ2n) is 5.69. The Morgan fingerprint density at radius 2 is 1.93 bits per heavy atom. The van der Waals surface area contributed by atoms with Crippen molar-refractivity contribution in [3.63, 3.8) is 0 Å². The van der Waals surface area contributed by atoms with Gasteiger partial charge in [0.15, 0.2) is 0 Å². The number of aromatic hydroxyl groups is 1. The van der Waals surface area contributed by atoms with Crippen molar-refractivity contribution in [3.05, 3.63) is 70.9 Å². The number of carbonyl (C=O) groups excluding carboxylic acids is 2. The molecule has 0 saturated heterocycles. The summed E-state index contributed by atoms with van der Waals surface area (Å²) in [6.45, 7) is 2.11. The highest BCUT2D eigenvalue weighted by molar-refractivity contribution is 6.06. The summed E-state index contributed by atoms with van der Waals surface area (Å²) < 4.78 is 4.63. The number of ether oxygens (including phenoxy) is 1. The van der Waals surface area contributed by atoms with Gasteiger partial charge in [-0.05, 0) is 48.4 Å². The minimum absolute atomic E-state index is 0.0892. The highest BCUT2D eigenvalue weighted by atomic mass is 16.5. The molecule has 0 heterocycles. The Labute approximate surface area is 156 Å². The van der Waals surface area contributed by atoms with Crippen molar-refractivity contribution in [2.75, 3.05) is 12.4 Å². The van der Waals surface area contributed by atoms with E-state index in [1.54, 1.807) is 37.3 Å². The van der Waals surface area contributed by atoms with Crippen molar-refractivity contribution < 1.29 is 19.4 Å². The van der Waals surface area contributed by atoms with Crippen LogP contribution in [0.3, 0.4) is 0 Å². The Hall–Kier alpha value is -3.79. The molecule has 2 aromatic rings. The molecule has 27 heavy (non-hydrogen) atoms. The smallest absolute Gasteiger partial charge is 0.337 e. The molecule has 1 amide bonds. The van der Waals surface area contributed by atoms with E-state index < -0.39 is 11.9 Å². The molecule has 0 bridgehead atoms. The molecule has 0 atom stereocenters. The topological polar surface area (TPSA) is 111 Å². The van der Waals surface area contributed by atoms with Crippen LogP contribution in [0.1, 0.15) is 21.5 Å². The molecule has 0 unspecified atom stereocenters. The van der Waals surface area contributed by atoms with Crippen molar-refractivity contribution >= 4 is 17.6 Å². The predicted octanol–water partition coefficient (Wildman–Crippen LogP) is 2.62. The number of esters is 1. The summed E-state index contributed by atoms with van der Waals surface area (Å²) in [5.74, 6) is -0.872. The number of hydrogen-bond donors (Lipinski definition) is 3. The van der Waals surface area contributed by atoms with E-state index in [1.165, 1.54) is 25.4 Å². The standard InChI is InChI=1S/C20H19N3O4/c1-13-9-17(24)7-8-18(13)23-19(25)16(10-21)12-22-11-14-3-5-15(6-4-14)20(26)27-2/h3-9,12,22,24H,11H2,1-2H3,(H,23,25)/b16-12-. The molecule has 3 N–H and O–H groups in total. The fourth-order valence-corrected chi connectivity index (χ4v) is 2.27. The number of aryl methyl sites for hydroxylation is 1. The van der Waals surface area contributed by atoms with E-state index in [0.717, 1.165) is 5.56 Å². The van der Waals surface area contributed by atoms with Crippen molar-refractivity contribution in [1.29, 1.82) is 5.26 Å². The van der Waals surface area contributed by atoms with E-state index >= 15 is 0 Å². The number of methoxy groups -OCH3 is 1. The zero-order valence-corrected chi connectivity index (χ0v) is 14.9. The van der Waals surface area contributed by atoms with E-state index in [9.17, 15) is 20.0 Å². The Balaban J connectivity index is 1.98. The molecule has 0 radical (unpaired) electrons. The summed E-state index contributed by atoms with van der Waals surface area (Å²) in [5.41, 5.74) is 2.41.